The van der Waals surface area contributed by atoms with Crippen LogP contribution in [0.25, 0.3) is 0 Å². The van der Waals surface area contributed by atoms with E-state index in [4.69, 9.17) is 10.5 Å². The normalized spacial score (nSPS) is 10.3. The molecule has 0 spiro atoms. The predicted octanol–water partition coefficient (Wildman–Crippen LogP) is 3.74. The van der Waals surface area contributed by atoms with Crippen LogP contribution in [0.1, 0.15) is 12.5 Å². The van der Waals surface area contributed by atoms with E-state index in [9.17, 15) is 0 Å². The second-order valence-electron chi connectivity index (χ2n) is 4.51. The zero-order valence-electron chi connectivity index (χ0n) is 11.7. The van der Waals surface area contributed by atoms with Gasteiger partial charge in [0.1, 0.15) is 5.75 Å². The largest absolute Gasteiger partial charge is 0.497 e. The zero-order chi connectivity index (χ0) is 13.8. The highest BCUT2D eigenvalue weighted by Crippen LogP contribution is 2.33. The van der Waals surface area contributed by atoms with Gasteiger partial charge in [-0.25, -0.2) is 0 Å². The number of rotatable bonds is 4. The summed E-state index contributed by atoms with van der Waals surface area (Å²) in [5, 5.41) is 0. The van der Waals surface area contributed by atoms with Gasteiger partial charge in [-0.3, -0.25) is 0 Å². The van der Waals surface area contributed by atoms with Crippen LogP contribution in [0.5, 0.6) is 5.75 Å². The Hall–Kier alpha value is -2.16. The van der Waals surface area contributed by atoms with Crippen molar-refractivity contribution in [3.8, 4) is 5.75 Å². The third-order valence-corrected chi connectivity index (χ3v) is 3.16. The number of aryl methyl sites for hydroxylation is 1. The molecule has 0 radical (unpaired) electrons. The molecule has 2 aromatic carbocycles. The lowest BCUT2D eigenvalue weighted by molar-refractivity contribution is 0.415. The maximum Gasteiger partial charge on any atom is 0.121 e. The summed E-state index contributed by atoms with van der Waals surface area (Å²) in [6.07, 6.45) is 0. The van der Waals surface area contributed by atoms with Crippen molar-refractivity contribution in [2.45, 2.75) is 13.8 Å². The number of anilines is 3. The van der Waals surface area contributed by atoms with E-state index in [1.54, 1.807) is 7.11 Å². The maximum atomic E-state index is 6.10. The quantitative estimate of drug-likeness (QED) is 0.847. The summed E-state index contributed by atoms with van der Waals surface area (Å²) in [4.78, 5) is 2.19. The molecule has 3 nitrogen and oxygen atoms in total. The van der Waals surface area contributed by atoms with Crippen LogP contribution in [0.2, 0.25) is 0 Å². The Morgan fingerprint density at radius 3 is 2.58 bits per heavy atom. The summed E-state index contributed by atoms with van der Waals surface area (Å²) in [5.74, 6) is 0.815. The van der Waals surface area contributed by atoms with Crippen molar-refractivity contribution in [3.05, 3.63) is 48.0 Å². The zero-order valence-corrected chi connectivity index (χ0v) is 11.7. The molecule has 0 aromatic heterocycles. The topological polar surface area (TPSA) is 38.5 Å². The Labute approximate surface area is 114 Å². The van der Waals surface area contributed by atoms with Gasteiger partial charge < -0.3 is 15.4 Å². The molecule has 0 unspecified atom stereocenters. The Morgan fingerprint density at radius 1 is 1.16 bits per heavy atom. The smallest absolute Gasteiger partial charge is 0.121 e. The summed E-state index contributed by atoms with van der Waals surface area (Å²) in [5.41, 5.74) is 10.2. The van der Waals surface area contributed by atoms with Crippen LogP contribution in [0.3, 0.4) is 0 Å². The molecule has 0 amide bonds. The Kier molecular flexibility index (Phi) is 3.95. The number of methoxy groups -OCH3 is 1. The van der Waals surface area contributed by atoms with Crippen LogP contribution >= 0.6 is 0 Å². The molecule has 0 heterocycles. The Morgan fingerprint density at radius 2 is 1.95 bits per heavy atom. The molecule has 19 heavy (non-hydrogen) atoms. The van der Waals surface area contributed by atoms with Crippen LogP contribution in [0, 0.1) is 6.92 Å². The average Bonchev–Trinajstić information content (AvgIpc) is 2.42. The predicted molar refractivity (Wildman–Crippen MR) is 81.3 cm³/mol. The molecule has 0 saturated carbocycles. The number of nitrogens with two attached hydrogens (primary N) is 1. The van der Waals surface area contributed by atoms with Crippen LogP contribution in [0.15, 0.2) is 42.5 Å². The van der Waals surface area contributed by atoms with Crippen molar-refractivity contribution in [3.63, 3.8) is 0 Å². The van der Waals surface area contributed by atoms with Gasteiger partial charge in [-0.05, 0) is 43.7 Å². The molecule has 0 atom stereocenters. The molecular formula is C16H20N2O. The number of nitrogen functional groups attached to an aromatic ring is 1. The molecule has 0 aliphatic heterocycles. The number of benzene rings is 2. The highest BCUT2D eigenvalue weighted by Gasteiger charge is 2.11. The van der Waals surface area contributed by atoms with Crippen LogP contribution < -0.4 is 15.4 Å². The van der Waals surface area contributed by atoms with Gasteiger partial charge in [-0.2, -0.15) is 0 Å². The van der Waals surface area contributed by atoms with E-state index >= 15 is 0 Å². The van der Waals surface area contributed by atoms with Crippen LogP contribution in [0.4, 0.5) is 17.1 Å². The van der Waals surface area contributed by atoms with Gasteiger partial charge in [0.15, 0.2) is 0 Å². The van der Waals surface area contributed by atoms with Crippen molar-refractivity contribution >= 4 is 17.1 Å². The molecule has 3 heteroatoms. The van der Waals surface area contributed by atoms with Crippen LogP contribution in [-0.4, -0.2) is 13.7 Å². The first-order valence-electron chi connectivity index (χ1n) is 6.43. The van der Waals surface area contributed by atoms with Crippen LogP contribution in [-0.2, 0) is 0 Å². The van der Waals surface area contributed by atoms with Crippen molar-refractivity contribution in [2.75, 3.05) is 24.3 Å². The molecular weight excluding hydrogens is 236 g/mol. The van der Waals surface area contributed by atoms with Crippen molar-refractivity contribution in [1.82, 2.24) is 0 Å². The Bertz CT molecular complexity index is 566. The highest BCUT2D eigenvalue weighted by molar-refractivity contribution is 5.76. The van der Waals surface area contributed by atoms with E-state index in [-0.39, 0.29) is 0 Å². The first kappa shape index (κ1) is 13.3. The second kappa shape index (κ2) is 5.65. The Balaban J connectivity index is 2.47. The highest BCUT2D eigenvalue weighted by atomic mass is 16.5. The third-order valence-electron chi connectivity index (χ3n) is 3.16. The second-order valence-corrected chi connectivity index (χ2v) is 4.51. The molecule has 2 N–H and O–H groups in total. The number of hydrogen-bond acceptors (Lipinski definition) is 3. The minimum absolute atomic E-state index is 0.754. The first-order chi connectivity index (χ1) is 9.15. The van der Waals surface area contributed by atoms with Gasteiger partial charge in [-0.1, -0.05) is 12.1 Å². The van der Waals surface area contributed by atoms with E-state index in [1.165, 1.54) is 5.56 Å². The molecule has 0 saturated heterocycles. The first-order valence-corrected chi connectivity index (χ1v) is 6.43. The molecule has 2 rings (SSSR count). The minimum Gasteiger partial charge on any atom is -0.497 e. The fourth-order valence-corrected chi connectivity index (χ4v) is 2.17. The van der Waals surface area contributed by atoms with E-state index in [2.05, 4.69) is 43.0 Å². The van der Waals surface area contributed by atoms with Crippen molar-refractivity contribution < 1.29 is 4.74 Å². The maximum absolute atomic E-state index is 6.10. The van der Waals surface area contributed by atoms with E-state index < -0.39 is 0 Å². The van der Waals surface area contributed by atoms with Gasteiger partial charge >= 0.3 is 0 Å². The van der Waals surface area contributed by atoms with E-state index in [1.807, 2.05) is 18.2 Å². The lowest BCUT2D eigenvalue weighted by Crippen LogP contribution is -2.17. The number of ether oxygens (including phenoxy) is 1. The molecule has 0 fully saturated rings. The summed E-state index contributed by atoms with van der Waals surface area (Å²) >= 11 is 0. The van der Waals surface area contributed by atoms with Gasteiger partial charge in [-0.15, -0.1) is 0 Å². The third kappa shape index (κ3) is 2.81. The van der Waals surface area contributed by atoms with Gasteiger partial charge in [0.25, 0.3) is 0 Å². The monoisotopic (exact) mass is 256 g/mol. The van der Waals surface area contributed by atoms with Gasteiger partial charge in [0.05, 0.1) is 18.5 Å². The standard InChI is InChI=1S/C16H20N2O/c1-4-18(13-7-5-6-12(2)10-13)16-11-14(19-3)8-9-15(16)17/h5-11H,4,17H2,1-3H3. The van der Waals surface area contributed by atoms with Gasteiger partial charge in [0.2, 0.25) is 0 Å². The summed E-state index contributed by atoms with van der Waals surface area (Å²) in [7, 11) is 1.66. The average molecular weight is 256 g/mol. The van der Waals surface area contributed by atoms with Crippen molar-refractivity contribution in [1.29, 1.82) is 0 Å². The summed E-state index contributed by atoms with van der Waals surface area (Å²) in [6, 6.07) is 14.1. The molecule has 100 valence electrons. The molecule has 0 aliphatic rings. The molecule has 0 bridgehead atoms. The van der Waals surface area contributed by atoms with E-state index in [0.717, 1.165) is 29.4 Å². The fraction of sp³-hybridized carbons (Fsp3) is 0.250. The van der Waals surface area contributed by atoms with Gasteiger partial charge in [0, 0.05) is 18.3 Å². The van der Waals surface area contributed by atoms with E-state index in [0.29, 0.717) is 0 Å². The van der Waals surface area contributed by atoms with Crippen molar-refractivity contribution in [2.24, 2.45) is 0 Å². The number of hydrogen-bond donors (Lipinski definition) is 1. The summed E-state index contributed by atoms with van der Waals surface area (Å²) < 4.78 is 5.28. The lowest BCUT2D eigenvalue weighted by atomic mass is 10.1. The SMILES string of the molecule is CCN(c1cccc(C)c1)c1cc(OC)ccc1N. The number of nitrogens with zero attached hydrogens (tertiary/aromatic N) is 1. The molecule has 0 aliphatic carbocycles. The summed E-state index contributed by atoms with van der Waals surface area (Å²) in [6.45, 7) is 5.05. The fourth-order valence-electron chi connectivity index (χ4n) is 2.17. The lowest BCUT2D eigenvalue weighted by Gasteiger charge is -2.25. The minimum atomic E-state index is 0.754. The molecule has 2 aromatic rings.